The predicted octanol–water partition coefficient (Wildman–Crippen LogP) is 4.57. The molecule has 1 heterocycles. The molecule has 6 heteroatoms. The zero-order valence-corrected chi connectivity index (χ0v) is 15.6. The smallest absolute Gasteiger partial charge is 0.277 e. The van der Waals surface area contributed by atoms with E-state index in [0.717, 1.165) is 21.7 Å². The molecule has 0 unspecified atom stereocenters. The van der Waals surface area contributed by atoms with Gasteiger partial charge in [0.15, 0.2) is 6.61 Å². The van der Waals surface area contributed by atoms with E-state index in [1.54, 1.807) is 0 Å². The van der Waals surface area contributed by atoms with Crippen molar-refractivity contribution in [3.8, 4) is 5.75 Å². The van der Waals surface area contributed by atoms with E-state index < -0.39 is 0 Å². The molecular weight excluding hydrogens is 374 g/mol. The molecule has 1 amide bonds. The van der Waals surface area contributed by atoms with Gasteiger partial charge in [-0.1, -0.05) is 60.1 Å². The monoisotopic (exact) mass is 389 g/mol. The van der Waals surface area contributed by atoms with Crippen LogP contribution < -0.4 is 10.2 Å². The summed E-state index contributed by atoms with van der Waals surface area (Å²) in [6, 6.07) is 23.1. The lowest BCUT2D eigenvalue weighted by atomic mass is 10.1. The van der Waals surface area contributed by atoms with Gasteiger partial charge in [0, 0.05) is 10.9 Å². The van der Waals surface area contributed by atoms with E-state index in [0.29, 0.717) is 16.5 Å². The van der Waals surface area contributed by atoms with Crippen molar-refractivity contribution in [3.63, 3.8) is 0 Å². The van der Waals surface area contributed by atoms with Gasteiger partial charge in [0.1, 0.15) is 10.9 Å². The van der Waals surface area contributed by atoms with E-state index in [2.05, 4.69) is 15.5 Å². The number of halogens is 1. The van der Waals surface area contributed by atoms with Crippen molar-refractivity contribution in [1.29, 1.82) is 0 Å². The van der Waals surface area contributed by atoms with Crippen LogP contribution in [0, 0.1) is 0 Å². The summed E-state index contributed by atoms with van der Waals surface area (Å²) in [5.41, 5.74) is 3.86. The van der Waals surface area contributed by atoms with Crippen LogP contribution in [0.2, 0.25) is 5.15 Å². The molecule has 5 nitrogen and oxygen atoms in total. The number of carbonyl (C=O) groups is 1. The first-order chi connectivity index (χ1) is 13.7. The second-order valence-corrected chi connectivity index (χ2v) is 6.51. The van der Waals surface area contributed by atoms with Crippen molar-refractivity contribution >= 4 is 45.4 Å². The highest BCUT2D eigenvalue weighted by Crippen LogP contribution is 2.21. The van der Waals surface area contributed by atoms with Crippen molar-refractivity contribution in [2.75, 3.05) is 6.61 Å². The number of nitrogens with zero attached hydrogens (tertiary/aromatic N) is 2. The van der Waals surface area contributed by atoms with Gasteiger partial charge in [0.2, 0.25) is 0 Å². The zero-order chi connectivity index (χ0) is 19.3. The number of hydrogen-bond donors (Lipinski definition) is 1. The minimum absolute atomic E-state index is 0.140. The Balaban J connectivity index is 1.36. The van der Waals surface area contributed by atoms with Crippen molar-refractivity contribution in [2.45, 2.75) is 0 Å². The molecule has 1 N–H and O–H groups in total. The molecule has 0 radical (unpaired) electrons. The highest BCUT2D eigenvalue weighted by atomic mass is 35.5. The lowest BCUT2D eigenvalue weighted by molar-refractivity contribution is -0.123. The number of pyridine rings is 1. The number of hydrazone groups is 1. The fraction of sp³-hybridized carbons (Fsp3) is 0.0455. The summed E-state index contributed by atoms with van der Waals surface area (Å²) in [6.07, 6.45) is 1.47. The van der Waals surface area contributed by atoms with Crippen LogP contribution in [-0.2, 0) is 4.79 Å². The summed E-state index contributed by atoms with van der Waals surface area (Å²) in [6.45, 7) is -0.140. The lowest BCUT2D eigenvalue weighted by Crippen LogP contribution is -2.24. The Bertz CT molecular complexity index is 1190. The van der Waals surface area contributed by atoms with Crippen LogP contribution in [0.15, 0.2) is 77.9 Å². The number of ether oxygens (including phenoxy) is 1. The van der Waals surface area contributed by atoms with Crippen LogP contribution in [0.4, 0.5) is 0 Å². The molecule has 0 aliphatic heterocycles. The molecule has 0 saturated heterocycles. The van der Waals surface area contributed by atoms with Crippen molar-refractivity contribution in [2.24, 2.45) is 5.10 Å². The summed E-state index contributed by atoms with van der Waals surface area (Å²) < 4.78 is 5.54. The minimum Gasteiger partial charge on any atom is -0.484 e. The summed E-state index contributed by atoms with van der Waals surface area (Å²) in [4.78, 5) is 16.3. The van der Waals surface area contributed by atoms with Gasteiger partial charge in [0.25, 0.3) is 5.91 Å². The van der Waals surface area contributed by atoms with Crippen molar-refractivity contribution < 1.29 is 9.53 Å². The van der Waals surface area contributed by atoms with E-state index in [4.69, 9.17) is 16.3 Å². The number of rotatable bonds is 5. The molecule has 1 aromatic heterocycles. The molecule has 0 atom stereocenters. The molecule has 0 spiro atoms. The fourth-order valence-corrected chi connectivity index (χ4v) is 3.01. The third kappa shape index (κ3) is 4.10. The maximum atomic E-state index is 12.0. The van der Waals surface area contributed by atoms with Crippen LogP contribution in [0.3, 0.4) is 0 Å². The number of benzene rings is 3. The normalized spacial score (nSPS) is 11.2. The largest absolute Gasteiger partial charge is 0.484 e. The highest BCUT2D eigenvalue weighted by Gasteiger charge is 2.05. The Hall–Kier alpha value is -3.44. The van der Waals surface area contributed by atoms with Crippen molar-refractivity contribution in [1.82, 2.24) is 10.4 Å². The number of aromatic nitrogens is 1. The van der Waals surface area contributed by atoms with Gasteiger partial charge in [-0.25, -0.2) is 10.4 Å². The Kier molecular flexibility index (Phi) is 5.17. The van der Waals surface area contributed by atoms with Gasteiger partial charge >= 0.3 is 0 Å². The van der Waals surface area contributed by atoms with Gasteiger partial charge in [-0.15, -0.1) is 0 Å². The fourth-order valence-electron chi connectivity index (χ4n) is 2.81. The van der Waals surface area contributed by atoms with Gasteiger partial charge in [-0.05, 0) is 35.0 Å². The number of amides is 1. The molecule has 0 saturated carbocycles. The number of hydrogen-bond acceptors (Lipinski definition) is 4. The van der Waals surface area contributed by atoms with E-state index in [9.17, 15) is 4.79 Å². The van der Waals surface area contributed by atoms with E-state index in [-0.39, 0.29) is 12.5 Å². The molecule has 0 bridgehead atoms. The second-order valence-electron chi connectivity index (χ2n) is 6.15. The Morgan fingerprint density at radius 2 is 1.75 bits per heavy atom. The van der Waals surface area contributed by atoms with Gasteiger partial charge in [0.05, 0.1) is 11.7 Å². The molecule has 138 valence electrons. The first-order valence-electron chi connectivity index (χ1n) is 8.68. The first kappa shape index (κ1) is 17.9. The SMILES string of the molecule is O=C(COc1ccc2ccccc2c1)N/N=C\c1cc2ccccc2nc1Cl. The standard InChI is InChI=1S/C22H16ClN3O2/c23-22-18(11-17-7-3-4-8-20(17)25-22)13-24-26-21(27)14-28-19-10-9-15-5-1-2-6-16(15)12-19/h1-13H,14H2,(H,26,27)/b24-13-. The maximum Gasteiger partial charge on any atom is 0.277 e. The van der Waals surface area contributed by atoms with E-state index in [1.807, 2.05) is 72.8 Å². The summed E-state index contributed by atoms with van der Waals surface area (Å²) in [5.74, 6) is 0.258. The number of fused-ring (bicyclic) bond motifs is 2. The molecule has 0 fully saturated rings. The number of nitrogens with one attached hydrogen (secondary N) is 1. The minimum atomic E-state index is -0.366. The molecular formula is C22H16ClN3O2. The molecule has 0 aliphatic rings. The van der Waals surface area contributed by atoms with Crippen LogP contribution in [-0.4, -0.2) is 23.7 Å². The summed E-state index contributed by atoms with van der Waals surface area (Å²) in [5, 5.41) is 7.38. The third-order valence-corrected chi connectivity index (χ3v) is 4.49. The highest BCUT2D eigenvalue weighted by molar-refractivity contribution is 6.32. The van der Waals surface area contributed by atoms with Gasteiger partial charge < -0.3 is 4.74 Å². The van der Waals surface area contributed by atoms with Crippen LogP contribution in [0.1, 0.15) is 5.56 Å². The maximum absolute atomic E-state index is 12.0. The number of para-hydroxylation sites is 1. The third-order valence-electron chi connectivity index (χ3n) is 4.19. The number of carbonyl (C=O) groups excluding carboxylic acids is 1. The summed E-state index contributed by atoms with van der Waals surface area (Å²) >= 11 is 6.17. The Labute approximate surface area is 166 Å². The Morgan fingerprint density at radius 1 is 1.00 bits per heavy atom. The summed E-state index contributed by atoms with van der Waals surface area (Å²) in [7, 11) is 0. The van der Waals surface area contributed by atoms with Crippen LogP contribution in [0.5, 0.6) is 5.75 Å². The predicted molar refractivity (Wildman–Crippen MR) is 112 cm³/mol. The van der Waals surface area contributed by atoms with E-state index in [1.165, 1.54) is 6.21 Å². The lowest BCUT2D eigenvalue weighted by Gasteiger charge is -2.06. The van der Waals surface area contributed by atoms with Gasteiger partial charge in [-0.3, -0.25) is 4.79 Å². The second kappa shape index (κ2) is 8.06. The van der Waals surface area contributed by atoms with Crippen molar-refractivity contribution in [3.05, 3.63) is 83.5 Å². The quantitative estimate of drug-likeness (QED) is 0.309. The van der Waals surface area contributed by atoms with E-state index >= 15 is 0 Å². The molecule has 4 rings (SSSR count). The average Bonchev–Trinajstić information content (AvgIpc) is 2.72. The topological polar surface area (TPSA) is 63.6 Å². The molecule has 3 aromatic carbocycles. The molecule has 0 aliphatic carbocycles. The Morgan fingerprint density at radius 3 is 2.61 bits per heavy atom. The van der Waals surface area contributed by atoms with Crippen LogP contribution in [0.25, 0.3) is 21.7 Å². The average molecular weight is 390 g/mol. The van der Waals surface area contributed by atoms with Gasteiger partial charge in [-0.2, -0.15) is 5.10 Å². The zero-order valence-electron chi connectivity index (χ0n) is 14.8. The first-order valence-corrected chi connectivity index (χ1v) is 9.06. The molecule has 28 heavy (non-hydrogen) atoms. The van der Waals surface area contributed by atoms with Crippen LogP contribution >= 0.6 is 11.6 Å². The molecule has 4 aromatic rings.